The maximum absolute atomic E-state index is 12.5. The van der Waals surface area contributed by atoms with Gasteiger partial charge >= 0.3 is 6.61 Å². The lowest BCUT2D eigenvalue weighted by molar-refractivity contribution is -0.126. The lowest BCUT2D eigenvalue weighted by atomic mass is 9.96. The number of benzene rings is 1. The second-order valence-corrected chi connectivity index (χ2v) is 5.64. The molecule has 5 nitrogen and oxygen atoms in total. The van der Waals surface area contributed by atoms with Crippen molar-refractivity contribution >= 4 is 5.91 Å². The molecule has 0 aromatic heterocycles. The average molecular weight is 327 g/mol. The molecule has 1 aromatic carbocycles. The van der Waals surface area contributed by atoms with Gasteiger partial charge in [-0.1, -0.05) is 18.2 Å². The van der Waals surface area contributed by atoms with Gasteiger partial charge in [-0.15, -0.1) is 0 Å². The molecule has 128 valence electrons. The first-order chi connectivity index (χ1) is 11.1. The molecule has 1 heterocycles. The van der Waals surface area contributed by atoms with E-state index < -0.39 is 6.61 Å². The first-order valence-corrected chi connectivity index (χ1v) is 7.83. The van der Waals surface area contributed by atoms with Crippen LogP contribution in [0, 0.1) is 5.92 Å². The van der Waals surface area contributed by atoms with Crippen LogP contribution in [0.2, 0.25) is 0 Å². The summed E-state index contributed by atoms with van der Waals surface area (Å²) < 4.78 is 29.5. The Kier molecular flexibility index (Phi) is 6.73. The molecule has 7 heteroatoms. The SMILES string of the molecule is NCCNC(=O)C1CCCN(Cc2ccccc2OC(F)F)C1. The van der Waals surface area contributed by atoms with Gasteiger partial charge in [0.05, 0.1) is 5.92 Å². The van der Waals surface area contributed by atoms with Crippen LogP contribution in [0.1, 0.15) is 18.4 Å². The Bertz CT molecular complexity index is 514. The molecule has 1 aliphatic heterocycles. The van der Waals surface area contributed by atoms with Gasteiger partial charge in [0, 0.05) is 31.7 Å². The van der Waals surface area contributed by atoms with Crippen molar-refractivity contribution in [2.24, 2.45) is 11.7 Å². The molecule has 1 amide bonds. The van der Waals surface area contributed by atoms with Crippen molar-refractivity contribution < 1.29 is 18.3 Å². The molecule has 1 saturated heterocycles. The summed E-state index contributed by atoms with van der Waals surface area (Å²) in [4.78, 5) is 14.2. The number of amides is 1. The van der Waals surface area contributed by atoms with E-state index >= 15 is 0 Å². The molecule has 2 rings (SSSR count). The average Bonchev–Trinajstić information content (AvgIpc) is 2.54. The standard InChI is InChI=1S/C16H23F2N3O2/c17-16(18)23-14-6-2-1-4-12(14)10-21-9-3-5-13(11-21)15(22)20-8-7-19/h1-2,4,6,13,16H,3,5,7-11,19H2,(H,20,22). The fourth-order valence-electron chi connectivity index (χ4n) is 2.84. The summed E-state index contributed by atoms with van der Waals surface area (Å²) in [5.74, 6) is 0.118. The highest BCUT2D eigenvalue weighted by molar-refractivity contribution is 5.78. The molecule has 0 spiro atoms. The predicted molar refractivity (Wildman–Crippen MR) is 83.1 cm³/mol. The van der Waals surface area contributed by atoms with Gasteiger partial charge in [0.2, 0.25) is 5.91 Å². The van der Waals surface area contributed by atoms with Crippen LogP contribution in [0.25, 0.3) is 0 Å². The molecule has 3 N–H and O–H groups in total. The molecule has 1 aromatic rings. The smallest absolute Gasteiger partial charge is 0.387 e. The zero-order valence-corrected chi connectivity index (χ0v) is 13.0. The largest absolute Gasteiger partial charge is 0.434 e. The number of piperidine rings is 1. The van der Waals surface area contributed by atoms with Crippen LogP contribution in [0.3, 0.4) is 0 Å². The topological polar surface area (TPSA) is 67.6 Å². The van der Waals surface area contributed by atoms with Crippen LogP contribution in [0.5, 0.6) is 5.75 Å². The van der Waals surface area contributed by atoms with Gasteiger partial charge in [0.1, 0.15) is 5.75 Å². The molecule has 23 heavy (non-hydrogen) atoms. The first kappa shape index (κ1) is 17.6. The van der Waals surface area contributed by atoms with Gasteiger partial charge in [-0.05, 0) is 25.5 Å². The highest BCUT2D eigenvalue weighted by Gasteiger charge is 2.26. The van der Waals surface area contributed by atoms with Crippen molar-refractivity contribution in [2.75, 3.05) is 26.2 Å². The Hall–Kier alpha value is -1.73. The van der Waals surface area contributed by atoms with Gasteiger partial charge in [-0.2, -0.15) is 8.78 Å². The number of nitrogens with one attached hydrogen (secondary N) is 1. The van der Waals surface area contributed by atoms with E-state index in [1.807, 2.05) is 0 Å². The van der Waals surface area contributed by atoms with E-state index in [0.717, 1.165) is 19.4 Å². The van der Waals surface area contributed by atoms with Crippen LogP contribution in [-0.2, 0) is 11.3 Å². The van der Waals surface area contributed by atoms with E-state index in [4.69, 9.17) is 5.73 Å². The summed E-state index contributed by atoms with van der Waals surface area (Å²) in [5.41, 5.74) is 6.10. The van der Waals surface area contributed by atoms with Gasteiger partial charge in [0.15, 0.2) is 0 Å². The Labute approximate surface area is 134 Å². The molecule has 0 aliphatic carbocycles. The molecule has 0 radical (unpaired) electrons. The lowest BCUT2D eigenvalue weighted by Gasteiger charge is -2.32. The zero-order valence-electron chi connectivity index (χ0n) is 13.0. The number of halogens is 2. The number of carbonyl (C=O) groups excluding carboxylic acids is 1. The van der Waals surface area contributed by atoms with Crippen molar-refractivity contribution in [1.82, 2.24) is 10.2 Å². The lowest BCUT2D eigenvalue weighted by Crippen LogP contribution is -2.43. The van der Waals surface area contributed by atoms with E-state index in [0.29, 0.717) is 31.7 Å². The molecule has 1 atom stereocenters. The number of hydrogen-bond acceptors (Lipinski definition) is 4. The third-order valence-corrected chi connectivity index (χ3v) is 3.90. The van der Waals surface area contributed by atoms with Crippen LogP contribution in [0.15, 0.2) is 24.3 Å². The van der Waals surface area contributed by atoms with Crippen LogP contribution >= 0.6 is 0 Å². The first-order valence-electron chi connectivity index (χ1n) is 7.83. The number of ether oxygens (including phenoxy) is 1. The predicted octanol–water partition coefficient (Wildman–Crippen LogP) is 1.57. The summed E-state index contributed by atoms with van der Waals surface area (Å²) in [7, 11) is 0. The van der Waals surface area contributed by atoms with Crippen LogP contribution in [0.4, 0.5) is 8.78 Å². The molecular formula is C16H23F2N3O2. The maximum Gasteiger partial charge on any atom is 0.387 e. The second-order valence-electron chi connectivity index (χ2n) is 5.64. The summed E-state index contributed by atoms with van der Waals surface area (Å²) >= 11 is 0. The third-order valence-electron chi connectivity index (χ3n) is 3.90. The Morgan fingerprint density at radius 2 is 2.22 bits per heavy atom. The fraction of sp³-hybridized carbons (Fsp3) is 0.562. The fourth-order valence-corrected chi connectivity index (χ4v) is 2.84. The van der Waals surface area contributed by atoms with Crippen molar-refractivity contribution in [3.63, 3.8) is 0 Å². The van der Waals surface area contributed by atoms with Crippen molar-refractivity contribution in [2.45, 2.75) is 26.0 Å². The van der Waals surface area contributed by atoms with Crippen molar-refractivity contribution in [3.8, 4) is 5.75 Å². The van der Waals surface area contributed by atoms with E-state index in [1.165, 1.54) is 6.07 Å². The molecule has 0 bridgehead atoms. The highest BCUT2D eigenvalue weighted by Crippen LogP contribution is 2.24. The Morgan fingerprint density at radius 1 is 1.43 bits per heavy atom. The number of rotatable bonds is 7. The van der Waals surface area contributed by atoms with Gasteiger partial charge in [-0.3, -0.25) is 9.69 Å². The number of nitrogens with two attached hydrogens (primary N) is 1. The van der Waals surface area contributed by atoms with E-state index in [2.05, 4.69) is 15.0 Å². The summed E-state index contributed by atoms with van der Waals surface area (Å²) in [6.07, 6.45) is 1.74. The third kappa shape index (κ3) is 5.44. The minimum Gasteiger partial charge on any atom is -0.434 e. The monoisotopic (exact) mass is 327 g/mol. The molecule has 1 unspecified atom stereocenters. The van der Waals surface area contributed by atoms with E-state index in [-0.39, 0.29) is 17.6 Å². The van der Waals surface area contributed by atoms with Gasteiger partial charge in [0.25, 0.3) is 0 Å². The maximum atomic E-state index is 12.5. The van der Waals surface area contributed by atoms with E-state index in [9.17, 15) is 13.6 Å². The second kappa shape index (κ2) is 8.79. The van der Waals surface area contributed by atoms with Gasteiger partial charge in [-0.25, -0.2) is 0 Å². The number of alkyl halides is 2. The Balaban J connectivity index is 1.96. The number of para-hydroxylation sites is 1. The normalized spacial score (nSPS) is 18.9. The Morgan fingerprint density at radius 3 is 2.96 bits per heavy atom. The summed E-state index contributed by atoms with van der Waals surface area (Å²) in [6, 6.07) is 6.77. The highest BCUT2D eigenvalue weighted by atomic mass is 19.3. The van der Waals surface area contributed by atoms with Crippen LogP contribution < -0.4 is 15.8 Å². The number of nitrogens with zero attached hydrogens (tertiary/aromatic N) is 1. The summed E-state index contributed by atoms with van der Waals surface area (Å²) in [5, 5.41) is 2.81. The molecule has 0 saturated carbocycles. The van der Waals surface area contributed by atoms with Crippen LogP contribution in [-0.4, -0.2) is 43.6 Å². The number of likely N-dealkylation sites (tertiary alicyclic amines) is 1. The quantitative estimate of drug-likeness (QED) is 0.798. The van der Waals surface area contributed by atoms with Crippen molar-refractivity contribution in [3.05, 3.63) is 29.8 Å². The van der Waals surface area contributed by atoms with Crippen molar-refractivity contribution in [1.29, 1.82) is 0 Å². The summed E-state index contributed by atoms with van der Waals surface area (Å²) in [6.45, 7) is -0.0135. The minimum absolute atomic E-state index is 0.0114. The minimum atomic E-state index is -2.84. The zero-order chi connectivity index (χ0) is 16.7. The van der Waals surface area contributed by atoms with E-state index in [1.54, 1.807) is 18.2 Å². The molecule has 1 aliphatic rings. The molecular weight excluding hydrogens is 304 g/mol. The van der Waals surface area contributed by atoms with Gasteiger partial charge < -0.3 is 15.8 Å². The molecule has 1 fully saturated rings. The number of hydrogen-bond donors (Lipinski definition) is 2. The number of carbonyl (C=O) groups is 1.